The van der Waals surface area contributed by atoms with Gasteiger partial charge in [0, 0.05) is 32.0 Å². The van der Waals surface area contributed by atoms with Gasteiger partial charge < -0.3 is 19.6 Å². The number of rotatable bonds is 11. The summed E-state index contributed by atoms with van der Waals surface area (Å²) in [6.07, 6.45) is -1.95. The molecule has 11 heteroatoms. The second-order valence-corrected chi connectivity index (χ2v) is 11.1. The summed E-state index contributed by atoms with van der Waals surface area (Å²) in [6.45, 7) is 5.26. The number of halogens is 3. The molecule has 0 radical (unpaired) electrons. The van der Waals surface area contributed by atoms with Crippen LogP contribution in [0.15, 0.2) is 72.9 Å². The number of carbonyl (C=O) groups is 2. The molecule has 2 atom stereocenters. The number of aromatic carboxylic acids is 1. The second-order valence-electron chi connectivity index (χ2n) is 11.1. The molecule has 0 spiro atoms. The zero-order valence-electron chi connectivity index (χ0n) is 25.1. The van der Waals surface area contributed by atoms with Gasteiger partial charge >= 0.3 is 12.1 Å². The summed E-state index contributed by atoms with van der Waals surface area (Å²) in [6, 6.07) is 16.9. The van der Waals surface area contributed by atoms with Gasteiger partial charge in [0.15, 0.2) is 0 Å². The second kappa shape index (κ2) is 13.1. The predicted molar refractivity (Wildman–Crippen MR) is 164 cm³/mol. The lowest BCUT2D eigenvalue weighted by molar-refractivity contribution is -0.137. The lowest BCUT2D eigenvalue weighted by atomic mass is 9.95. The third-order valence-corrected chi connectivity index (χ3v) is 8.18. The van der Waals surface area contributed by atoms with E-state index in [1.807, 2.05) is 36.1 Å². The summed E-state index contributed by atoms with van der Waals surface area (Å²) in [5.41, 5.74) is 4.29. The minimum Gasteiger partial charge on any atom is -0.478 e. The molecule has 8 nitrogen and oxygen atoms in total. The van der Waals surface area contributed by atoms with Gasteiger partial charge in [-0.3, -0.25) is 4.79 Å². The fourth-order valence-corrected chi connectivity index (χ4v) is 5.54. The smallest absolute Gasteiger partial charge is 0.416 e. The van der Waals surface area contributed by atoms with Gasteiger partial charge in [0.2, 0.25) is 12.4 Å². The van der Waals surface area contributed by atoms with Crippen LogP contribution in [0.5, 0.6) is 0 Å². The van der Waals surface area contributed by atoms with Crippen molar-refractivity contribution in [1.29, 1.82) is 0 Å². The van der Waals surface area contributed by atoms with Crippen LogP contribution in [0.1, 0.15) is 52.2 Å². The molecule has 1 aliphatic rings. The highest BCUT2D eigenvalue weighted by molar-refractivity contribution is 5.89. The van der Waals surface area contributed by atoms with E-state index < -0.39 is 29.9 Å². The zero-order valence-corrected chi connectivity index (χ0v) is 25.1. The molecule has 4 aromatic rings. The summed E-state index contributed by atoms with van der Waals surface area (Å²) >= 11 is 0. The highest BCUT2D eigenvalue weighted by Gasteiger charge is 2.33. The fourth-order valence-electron chi connectivity index (χ4n) is 5.54. The molecule has 0 saturated carbocycles. The van der Waals surface area contributed by atoms with Gasteiger partial charge in [0.25, 0.3) is 0 Å². The molecular formula is C34H33F3N4O4. The number of carbonyl (C=O) groups excluding carboxylic acids is 1. The average Bonchev–Trinajstić information content (AvgIpc) is 2.99. The van der Waals surface area contributed by atoms with Crippen molar-refractivity contribution in [3.8, 4) is 22.3 Å². The van der Waals surface area contributed by atoms with Crippen LogP contribution in [-0.2, 0) is 22.3 Å². The molecule has 1 N–H and O–H groups in total. The minimum atomic E-state index is -4.52. The van der Waals surface area contributed by atoms with E-state index in [1.165, 1.54) is 18.1 Å². The molecule has 1 saturated heterocycles. The Bertz CT molecular complexity index is 1710. The van der Waals surface area contributed by atoms with E-state index >= 15 is 0 Å². The van der Waals surface area contributed by atoms with Crippen LogP contribution in [0.3, 0.4) is 0 Å². The normalized spacial score (nSPS) is 14.4. The molecule has 1 aromatic heterocycles. The Morgan fingerprint density at radius 3 is 2.38 bits per heavy atom. The van der Waals surface area contributed by atoms with Crippen molar-refractivity contribution in [3.05, 3.63) is 101 Å². The van der Waals surface area contributed by atoms with Crippen LogP contribution in [-0.4, -0.2) is 58.6 Å². The summed E-state index contributed by atoms with van der Waals surface area (Å²) in [7, 11) is 1.40. The number of aromatic nitrogens is 2. The van der Waals surface area contributed by atoms with Gasteiger partial charge in [-0.25, -0.2) is 14.8 Å². The largest absolute Gasteiger partial charge is 0.478 e. The van der Waals surface area contributed by atoms with Crippen molar-refractivity contribution in [2.24, 2.45) is 0 Å². The SMILES string of the molecule is CO[C@H](c1cccc(C(F)(F)F)c1)[C@H](C)N(C=O)Cc1nc(N2CCC2)ncc1-c1cccc(-c2ccc(C(=O)O)cc2C)c1. The molecule has 0 bridgehead atoms. The Labute approximate surface area is 259 Å². The number of anilines is 1. The van der Waals surface area contributed by atoms with Gasteiger partial charge in [-0.2, -0.15) is 13.2 Å². The van der Waals surface area contributed by atoms with Gasteiger partial charge in [-0.05, 0) is 78.4 Å². The summed E-state index contributed by atoms with van der Waals surface area (Å²) in [5.74, 6) is -0.462. The first-order valence-corrected chi connectivity index (χ1v) is 14.5. The van der Waals surface area contributed by atoms with Crippen molar-refractivity contribution < 1.29 is 32.6 Å². The van der Waals surface area contributed by atoms with Gasteiger partial charge in [0.05, 0.1) is 29.4 Å². The van der Waals surface area contributed by atoms with Crippen molar-refractivity contribution >= 4 is 18.3 Å². The van der Waals surface area contributed by atoms with E-state index in [4.69, 9.17) is 9.72 Å². The molecule has 45 heavy (non-hydrogen) atoms. The Hall–Kier alpha value is -4.77. The number of carboxylic acid groups (broad SMARTS) is 1. The van der Waals surface area contributed by atoms with Crippen LogP contribution < -0.4 is 4.90 Å². The van der Waals surface area contributed by atoms with E-state index in [0.717, 1.165) is 53.9 Å². The Morgan fingerprint density at radius 2 is 1.78 bits per heavy atom. The monoisotopic (exact) mass is 618 g/mol. The third kappa shape index (κ3) is 6.83. The van der Waals surface area contributed by atoms with Gasteiger partial charge in [-0.15, -0.1) is 0 Å². The first kappa shape index (κ1) is 31.6. The quantitative estimate of drug-likeness (QED) is 0.185. The number of methoxy groups -OCH3 is 1. The molecule has 0 aliphatic carbocycles. The third-order valence-electron chi connectivity index (χ3n) is 8.18. The predicted octanol–water partition coefficient (Wildman–Crippen LogP) is 6.78. The number of ether oxygens (including phenoxy) is 1. The van der Waals surface area contributed by atoms with Gasteiger partial charge in [0.1, 0.15) is 6.10 Å². The lowest BCUT2D eigenvalue weighted by Gasteiger charge is -2.33. The molecule has 3 aromatic carbocycles. The summed E-state index contributed by atoms with van der Waals surface area (Å²) in [4.78, 5) is 36.9. The number of hydrogen-bond acceptors (Lipinski definition) is 6. The van der Waals surface area contributed by atoms with E-state index in [2.05, 4.69) is 4.98 Å². The van der Waals surface area contributed by atoms with E-state index in [9.17, 15) is 27.9 Å². The Kier molecular flexibility index (Phi) is 9.19. The average molecular weight is 619 g/mol. The highest BCUT2D eigenvalue weighted by Crippen LogP contribution is 2.35. The maximum Gasteiger partial charge on any atom is 0.416 e. The van der Waals surface area contributed by atoms with Crippen LogP contribution in [0.2, 0.25) is 0 Å². The van der Waals surface area contributed by atoms with Crippen molar-refractivity contribution in [2.75, 3.05) is 25.1 Å². The number of carboxylic acids is 1. The standard InChI is InChI=1S/C34H33F3N4O4/c1-21-15-26(32(43)44)11-12-28(21)23-7-4-8-24(16-23)29-18-38-33(40-13-6-14-40)39-30(29)19-41(20-42)22(2)31(45-3)25-9-5-10-27(17-25)34(35,36)37/h4-5,7-12,15-18,20,22,31H,6,13-14,19H2,1-3H3,(H,43,44)/t22-,31-/m0/s1. The Morgan fingerprint density at radius 1 is 1.07 bits per heavy atom. The Balaban J connectivity index is 1.51. The zero-order chi connectivity index (χ0) is 32.3. The highest BCUT2D eigenvalue weighted by atomic mass is 19.4. The first-order chi connectivity index (χ1) is 21.5. The summed E-state index contributed by atoms with van der Waals surface area (Å²) in [5, 5.41) is 9.37. The van der Waals surface area contributed by atoms with E-state index in [-0.39, 0.29) is 12.1 Å². The number of benzene rings is 3. The number of amides is 1. The van der Waals surface area contributed by atoms with Gasteiger partial charge in [-0.1, -0.05) is 36.4 Å². The van der Waals surface area contributed by atoms with Crippen LogP contribution >= 0.6 is 0 Å². The number of aryl methyl sites for hydroxylation is 1. The van der Waals surface area contributed by atoms with Crippen LogP contribution in [0.25, 0.3) is 22.3 Å². The molecule has 1 aliphatic heterocycles. The fraction of sp³-hybridized carbons (Fsp3) is 0.294. The van der Waals surface area contributed by atoms with Crippen molar-refractivity contribution in [1.82, 2.24) is 14.9 Å². The molecule has 1 fully saturated rings. The maximum absolute atomic E-state index is 13.5. The van der Waals surface area contributed by atoms with Crippen LogP contribution in [0.4, 0.5) is 19.1 Å². The molecule has 2 heterocycles. The molecular weight excluding hydrogens is 585 g/mol. The minimum absolute atomic E-state index is 0.0543. The van der Waals surface area contributed by atoms with E-state index in [0.29, 0.717) is 29.2 Å². The number of alkyl halides is 3. The maximum atomic E-state index is 13.5. The molecule has 0 unspecified atom stereocenters. The summed E-state index contributed by atoms with van der Waals surface area (Å²) < 4.78 is 46.0. The molecule has 234 valence electrons. The van der Waals surface area contributed by atoms with E-state index in [1.54, 1.807) is 37.4 Å². The van der Waals surface area contributed by atoms with Crippen LogP contribution in [0, 0.1) is 6.92 Å². The van der Waals surface area contributed by atoms with Crippen molar-refractivity contribution in [2.45, 2.75) is 45.1 Å². The topological polar surface area (TPSA) is 95.9 Å². The first-order valence-electron chi connectivity index (χ1n) is 14.5. The van der Waals surface area contributed by atoms with Crippen molar-refractivity contribution in [3.63, 3.8) is 0 Å². The molecule has 1 amide bonds. The number of hydrogen-bond donors (Lipinski definition) is 1. The number of nitrogens with zero attached hydrogens (tertiary/aromatic N) is 4. The molecule has 5 rings (SSSR count). The lowest BCUT2D eigenvalue weighted by Crippen LogP contribution is -2.39.